The van der Waals surface area contributed by atoms with Crippen LogP contribution in [0.4, 0.5) is 0 Å². The van der Waals surface area contributed by atoms with Gasteiger partial charge < -0.3 is 10.4 Å². The zero-order valence-corrected chi connectivity index (χ0v) is 9.78. The zero-order valence-electron chi connectivity index (χ0n) is 9.78. The Morgan fingerprint density at radius 3 is 2.56 bits per heavy atom. The van der Waals surface area contributed by atoms with Gasteiger partial charge in [-0.1, -0.05) is 36.9 Å². The summed E-state index contributed by atoms with van der Waals surface area (Å²) in [6.07, 6.45) is 3.10. The first-order chi connectivity index (χ1) is 7.84. The first-order valence-electron chi connectivity index (χ1n) is 5.89. The molecule has 0 aromatic heterocycles. The highest BCUT2D eigenvalue weighted by molar-refractivity contribution is 5.64. The van der Waals surface area contributed by atoms with Gasteiger partial charge >= 0.3 is 0 Å². The van der Waals surface area contributed by atoms with Gasteiger partial charge in [-0.15, -0.1) is 0 Å². The van der Waals surface area contributed by atoms with E-state index in [2.05, 4.69) is 24.0 Å². The SMILES string of the molecule is C=C(CNCCCCCO)c1ccccc1. The summed E-state index contributed by atoms with van der Waals surface area (Å²) in [5.74, 6) is 0. The van der Waals surface area contributed by atoms with Gasteiger partial charge in [0.2, 0.25) is 0 Å². The number of aliphatic hydroxyl groups excluding tert-OH is 1. The normalized spacial score (nSPS) is 10.3. The highest BCUT2D eigenvalue weighted by atomic mass is 16.2. The highest BCUT2D eigenvalue weighted by Gasteiger charge is 1.96. The minimum Gasteiger partial charge on any atom is -0.396 e. The van der Waals surface area contributed by atoms with Gasteiger partial charge in [0.05, 0.1) is 0 Å². The lowest BCUT2D eigenvalue weighted by Gasteiger charge is -2.07. The summed E-state index contributed by atoms with van der Waals surface area (Å²) >= 11 is 0. The maximum Gasteiger partial charge on any atom is 0.0431 e. The molecule has 2 N–H and O–H groups in total. The van der Waals surface area contributed by atoms with E-state index in [0.29, 0.717) is 6.61 Å². The van der Waals surface area contributed by atoms with Gasteiger partial charge in [0.15, 0.2) is 0 Å². The van der Waals surface area contributed by atoms with Crippen LogP contribution in [0.25, 0.3) is 5.57 Å². The molecule has 0 unspecified atom stereocenters. The highest BCUT2D eigenvalue weighted by Crippen LogP contribution is 2.09. The molecule has 0 aliphatic rings. The predicted octanol–water partition coefficient (Wildman–Crippen LogP) is 2.45. The van der Waals surface area contributed by atoms with Crippen molar-refractivity contribution < 1.29 is 5.11 Å². The van der Waals surface area contributed by atoms with Gasteiger partial charge in [-0.3, -0.25) is 0 Å². The number of benzene rings is 1. The van der Waals surface area contributed by atoms with Crippen molar-refractivity contribution in [1.29, 1.82) is 0 Å². The van der Waals surface area contributed by atoms with Gasteiger partial charge in [-0.25, -0.2) is 0 Å². The topological polar surface area (TPSA) is 32.3 Å². The van der Waals surface area contributed by atoms with Crippen LogP contribution in [0.15, 0.2) is 36.9 Å². The molecule has 0 spiro atoms. The molecule has 0 radical (unpaired) electrons. The van der Waals surface area contributed by atoms with Crippen molar-refractivity contribution in [1.82, 2.24) is 5.32 Å². The Hall–Kier alpha value is -1.12. The van der Waals surface area contributed by atoms with Gasteiger partial charge in [-0.2, -0.15) is 0 Å². The molecule has 0 saturated heterocycles. The van der Waals surface area contributed by atoms with E-state index in [1.165, 1.54) is 5.56 Å². The minimum absolute atomic E-state index is 0.302. The van der Waals surface area contributed by atoms with E-state index in [1.54, 1.807) is 0 Å². The molecule has 0 aliphatic heterocycles. The summed E-state index contributed by atoms with van der Waals surface area (Å²) in [6, 6.07) is 10.2. The maximum atomic E-state index is 8.63. The largest absolute Gasteiger partial charge is 0.396 e. The van der Waals surface area contributed by atoms with Crippen molar-refractivity contribution in [2.24, 2.45) is 0 Å². The number of rotatable bonds is 8. The number of nitrogens with one attached hydrogen (secondary N) is 1. The molecule has 0 atom stereocenters. The summed E-state index contributed by atoms with van der Waals surface area (Å²) < 4.78 is 0. The van der Waals surface area contributed by atoms with Crippen LogP contribution in [0.1, 0.15) is 24.8 Å². The van der Waals surface area contributed by atoms with Crippen LogP contribution in [-0.4, -0.2) is 24.8 Å². The van der Waals surface area contributed by atoms with Gasteiger partial charge in [0.25, 0.3) is 0 Å². The van der Waals surface area contributed by atoms with Gasteiger partial charge in [0.1, 0.15) is 0 Å². The lowest BCUT2D eigenvalue weighted by atomic mass is 10.1. The Morgan fingerprint density at radius 2 is 1.88 bits per heavy atom. The first-order valence-corrected chi connectivity index (χ1v) is 5.89. The number of unbranched alkanes of at least 4 members (excludes halogenated alkanes) is 2. The third kappa shape index (κ3) is 5.10. The molecule has 1 aromatic rings. The fraction of sp³-hybridized carbons (Fsp3) is 0.429. The maximum absolute atomic E-state index is 8.63. The molecule has 0 aliphatic carbocycles. The third-order valence-corrected chi connectivity index (χ3v) is 2.53. The van der Waals surface area contributed by atoms with Crippen LogP contribution < -0.4 is 5.32 Å². The standard InChI is InChI=1S/C14H21NO/c1-13(14-8-4-2-5-9-14)12-15-10-6-3-7-11-16/h2,4-5,8-9,15-16H,1,3,6-7,10-12H2. The smallest absolute Gasteiger partial charge is 0.0431 e. The second-order valence-corrected chi connectivity index (χ2v) is 3.93. The van der Waals surface area contributed by atoms with Crippen LogP contribution in [0, 0.1) is 0 Å². The molecule has 88 valence electrons. The summed E-state index contributed by atoms with van der Waals surface area (Å²) in [5.41, 5.74) is 2.33. The van der Waals surface area contributed by atoms with Crippen LogP contribution in [0.3, 0.4) is 0 Å². The van der Waals surface area contributed by atoms with E-state index in [9.17, 15) is 0 Å². The van der Waals surface area contributed by atoms with Gasteiger partial charge in [-0.05, 0) is 36.9 Å². The van der Waals surface area contributed by atoms with Crippen molar-refractivity contribution in [2.45, 2.75) is 19.3 Å². The van der Waals surface area contributed by atoms with Crippen LogP contribution in [0.2, 0.25) is 0 Å². The predicted molar refractivity (Wildman–Crippen MR) is 69.3 cm³/mol. The fourth-order valence-electron chi connectivity index (χ4n) is 1.55. The number of aliphatic hydroxyl groups is 1. The lowest BCUT2D eigenvalue weighted by molar-refractivity contribution is 0.283. The molecule has 1 aromatic carbocycles. The summed E-state index contributed by atoms with van der Waals surface area (Å²) in [6.45, 7) is 6.19. The van der Waals surface area contributed by atoms with Crippen molar-refractivity contribution in [2.75, 3.05) is 19.7 Å². The third-order valence-electron chi connectivity index (χ3n) is 2.53. The fourth-order valence-corrected chi connectivity index (χ4v) is 1.55. The number of hydrogen-bond donors (Lipinski definition) is 2. The molecule has 0 amide bonds. The van der Waals surface area contributed by atoms with Crippen molar-refractivity contribution in [3.05, 3.63) is 42.5 Å². The molecule has 2 nitrogen and oxygen atoms in total. The average Bonchev–Trinajstić information content (AvgIpc) is 2.34. The van der Waals surface area contributed by atoms with Gasteiger partial charge in [0, 0.05) is 13.2 Å². The Labute approximate surface area is 98.0 Å². The Bertz CT molecular complexity index is 295. The van der Waals surface area contributed by atoms with E-state index in [0.717, 1.165) is 37.9 Å². The molecule has 0 bridgehead atoms. The van der Waals surface area contributed by atoms with E-state index in [1.807, 2.05) is 18.2 Å². The minimum atomic E-state index is 0.302. The quantitative estimate of drug-likeness (QED) is 0.658. The Kier molecular flexibility index (Phi) is 6.54. The summed E-state index contributed by atoms with van der Waals surface area (Å²) in [4.78, 5) is 0. The molecule has 2 heteroatoms. The Morgan fingerprint density at radius 1 is 1.12 bits per heavy atom. The zero-order chi connectivity index (χ0) is 11.6. The lowest BCUT2D eigenvalue weighted by Crippen LogP contribution is -2.17. The van der Waals surface area contributed by atoms with Crippen LogP contribution >= 0.6 is 0 Å². The molecule has 0 heterocycles. The molecular weight excluding hydrogens is 198 g/mol. The van der Waals surface area contributed by atoms with E-state index in [4.69, 9.17) is 5.11 Å². The van der Waals surface area contributed by atoms with Crippen molar-refractivity contribution in [3.63, 3.8) is 0 Å². The molecule has 16 heavy (non-hydrogen) atoms. The Balaban J connectivity index is 2.12. The second-order valence-electron chi connectivity index (χ2n) is 3.93. The monoisotopic (exact) mass is 219 g/mol. The summed E-state index contributed by atoms with van der Waals surface area (Å²) in [5, 5.41) is 12.0. The van der Waals surface area contributed by atoms with E-state index in [-0.39, 0.29) is 0 Å². The second kappa shape index (κ2) is 8.08. The van der Waals surface area contributed by atoms with Crippen molar-refractivity contribution in [3.8, 4) is 0 Å². The molecule has 1 rings (SSSR count). The van der Waals surface area contributed by atoms with Crippen LogP contribution in [-0.2, 0) is 0 Å². The molecule has 0 saturated carbocycles. The van der Waals surface area contributed by atoms with E-state index >= 15 is 0 Å². The molecule has 0 fully saturated rings. The van der Waals surface area contributed by atoms with Crippen LogP contribution in [0.5, 0.6) is 0 Å². The first kappa shape index (κ1) is 12.9. The van der Waals surface area contributed by atoms with E-state index < -0.39 is 0 Å². The van der Waals surface area contributed by atoms with Crippen molar-refractivity contribution >= 4 is 5.57 Å². The molecular formula is C14H21NO. The summed E-state index contributed by atoms with van der Waals surface area (Å²) in [7, 11) is 0. The number of hydrogen-bond acceptors (Lipinski definition) is 2. The average molecular weight is 219 g/mol.